The lowest BCUT2D eigenvalue weighted by Gasteiger charge is -2.14. The molecule has 0 bridgehead atoms. The molecule has 0 saturated carbocycles. The highest BCUT2D eigenvalue weighted by molar-refractivity contribution is 5.76. The zero-order chi connectivity index (χ0) is 20.1. The van der Waals surface area contributed by atoms with E-state index in [0.29, 0.717) is 0 Å². The van der Waals surface area contributed by atoms with Gasteiger partial charge in [0.25, 0.3) is 5.56 Å². The van der Waals surface area contributed by atoms with Gasteiger partial charge < -0.3 is 10.3 Å². The summed E-state index contributed by atoms with van der Waals surface area (Å²) in [4.78, 5) is 26.8. The third-order valence-corrected chi connectivity index (χ3v) is 4.22. The number of aromatic amines is 1. The lowest BCUT2D eigenvalue weighted by Crippen LogP contribution is -2.28. The predicted octanol–water partition coefficient (Wildman–Crippen LogP) is 2.92. The van der Waals surface area contributed by atoms with Crippen LogP contribution in [0.4, 0.5) is 8.78 Å². The summed E-state index contributed by atoms with van der Waals surface area (Å²) in [5.41, 5.74) is 0.737. The van der Waals surface area contributed by atoms with Crippen LogP contribution in [0.2, 0.25) is 0 Å². The molecule has 8 heteroatoms. The number of carbonyl (C=O) groups excluding carboxylic acids is 1. The summed E-state index contributed by atoms with van der Waals surface area (Å²) in [5, 5.41) is 10.5. The van der Waals surface area contributed by atoms with Crippen LogP contribution >= 0.6 is 0 Å². The van der Waals surface area contributed by atoms with Crippen LogP contribution in [0.25, 0.3) is 11.4 Å². The van der Waals surface area contributed by atoms with Crippen LogP contribution in [0.15, 0.2) is 53.3 Å². The molecule has 144 valence electrons. The number of aryl methyl sites for hydroxylation is 1. The lowest BCUT2D eigenvalue weighted by atomic mass is 10.1. The molecule has 1 aromatic heterocycles. The largest absolute Gasteiger partial charge is 0.350 e. The van der Waals surface area contributed by atoms with Gasteiger partial charge in [0.15, 0.2) is 17.5 Å². The summed E-state index contributed by atoms with van der Waals surface area (Å²) < 4.78 is 26.3. The number of H-pyrrole nitrogens is 1. The van der Waals surface area contributed by atoms with E-state index >= 15 is 0 Å². The fourth-order valence-electron chi connectivity index (χ4n) is 2.67. The van der Waals surface area contributed by atoms with Gasteiger partial charge in [0, 0.05) is 18.4 Å². The van der Waals surface area contributed by atoms with Gasteiger partial charge in [-0.15, -0.1) is 10.2 Å². The van der Waals surface area contributed by atoms with Crippen molar-refractivity contribution in [1.29, 1.82) is 0 Å². The number of benzene rings is 2. The monoisotopic (exact) mass is 384 g/mol. The van der Waals surface area contributed by atoms with Gasteiger partial charge in [-0.1, -0.05) is 30.3 Å². The Hall–Kier alpha value is -3.42. The van der Waals surface area contributed by atoms with Gasteiger partial charge in [0.1, 0.15) is 5.69 Å². The van der Waals surface area contributed by atoms with Crippen molar-refractivity contribution >= 4 is 5.91 Å². The van der Waals surface area contributed by atoms with Crippen LogP contribution in [0, 0.1) is 11.6 Å². The Balaban J connectivity index is 1.62. The molecule has 3 rings (SSSR count). The number of rotatable bonds is 6. The van der Waals surface area contributed by atoms with Crippen LogP contribution in [-0.4, -0.2) is 21.1 Å². The van der Waals surface area contributed by atoms with E-state index in [-0.39, 0.29) is 41.9 Å². The van der Waals surface area contributed by atoms with E-state index in [9.17, 15) is 18.4 Å². The van der Waals surface area contributed by atoms with E-state index in [1.165, 1.54) is 6.07 Å². The van der Waals surface area contributed by atoms with Crippen molar-refractivity contribution in [3.05, 3.63) is 81.8 Å². The summed E-state index contributed by atoms with van der Waals surface area (Å²) in [6.45, 7) is 1.87. The van der Waals surface area contributed by atoms with Crippen molar-refractivity contribution in [2.75, 3.05) is 0 Å². The Morgan fingerprint density at radius 2 is 1.86 bits per heavy atom. The number of hydrogen-bond acceptors (Lipinski definition) is 4. The van der Waals surface area contributed by atoms with Gasteiger partial charge in [0.2, 0.25) is 5.91 Å². The second kappa shape index (κ2) is 8.51. The minimum absolute atomic E-state index is 0.0230. The summed E-state index contributed by atoms with van der Waals surface area (Å²) >= 11 is 0. The molecule has 0 fully saturated rings. The van der Waals surface area contributed by atoms with Crippen molar-refractivity contribution in [3.63, 3.8) is 0 Å². The predicted molar refractivity (Wildman–Crippen MR) is 99.3 cm³/mol. The molecule has 2 N–H and O–H groups in total. The molecule has 2 aromatic carbocycles. The van der Waals surface area contributed by atoms with E-state index < -0.39 is 17.2 Å². The van der Waals surface area contributed by atoms with E-state index in [4.69, 9.17) is 0 Å². The molecule has 0 spiro atoms. The smallest absolute Gasteiger partial charge is 0.273 e. The topological polar surface area (TPSA) is 87.7 Å². The van der Waals surface area contributed by atoms with E-state index in [1.54, 1.807) is 0 Å². The van der Waals surface area contributed by atoms with Gasteiger partial charge in [-0.05, 0) is 30.7 Å². The number of nitrogens with one attached hydrogen (secondary N) is 2. The maximum atomic E-state index is 13.3. The second-order valence-corrected chi connectivity index (χ2v) is 6.28. The molecule has 0 aliphatic heterocycles. The number of amides is 1. The molecule has 0 aliphatic carbocycles. The second-order valence-electron chi connectivity index (χ2n) is 6.28. The van der Waals surface area contributed by atoms with Crippen molar-refractivity contribution in [2.45, 2.75) is 25.8 Å². The highest BCUT2D eigenvalue weighted by Crippen LogP contribution is 2.16. The van der Waals surface area contributed by atoms with Gasteiger partial charge in [-0.3, -0.25) is 9.59 Å². The van der Waals surface area contributed by atoms with Crippen LogP contribution in [0.3, 0.4) is 0 Å². The van der Waals surface area contributed by atoms with Crippen molar-refractivity contribution in [2.24, 2.45) is 0 Å². The molecular formula is C20H18F2N4O2. The molecule has 0 aliphatic rings. The summed E-state index contributed by atoms with van der Waals surface area (Å²) in [7, 11) is 0. The van der Waals surface area contributed by atoms with E-state index in [0.717, 1.165) is 17.7 Å². The van der Waals surface area contributed by atoms with Gasteiger partial charge in [-0.25, -0.2) is 8.78 Å². The maximum Gasteiger partial charge on any atom is 0.273 e. The number of halogens is 2. The Morgan fingerprint density at radius 3 is 2.54 bits per heavy atom. The van der Waals surface area contributed by atoms with Gasteiger partial charge in [-0.2, -0.15) is 0 Å². The fourth-order valence-corrected chi connectivity index (χ4v) is 2.67. The standard InChI is InChI=1S/C20H18F2N4O2/c1-12(13-5-3-2-4-6-13)23-18(27)10-9-17-20(28)24-19(26-25-17)14-7-8-15(21)16(22)11-14/h2-8,11-12H,9-10H2,1H3,(H,23,27)(H,24,26,28)/t12-/m0/s1. The third-order valence-electron chi connectivity index (χ3n) is 4.22. The van der Waals surface area contributed by atoms with Crippen LogP contribution in [0.1, 0.15) is 30.6 Å². The van der Waals surface area contributed by atoms with Crippen LogP contribution in [-0.2, 0) is 11.2 Å². The molecule has 0 unspecified atom stereocenters. The fraction of sp³-hybridized carbons (Fsp3) is 0.200. The minimum atomic E-state index is -1.05. The SMILES string of the molecule is C[C@H](NC(=O)CCc1nnc(-c2ccc(F)c(F)c2)[nH]c1=O)c1ccccc1. The maximum absolute atomic E-state index is 13.3. The van der Waals surface area contributed by atoms with Crippen LogP contribution < -0.4 is 10.9 Å². The zero-order valence-corrected chi connectivity index (χ0v) is 15.1. The minimum Gasteiger partial charge on any atom is -0.350 e. The molecule has 1 heterocycles. The Bertz CT molecular complexity index is 1040. The van der Waals surface area contributed by atoms with E-state index in [2.05, 4.69) is 20.5 Å². The van der Waals surface area contributed by atoms with Gasteiger partial charge >= 0.3 is 0 Å². The zero-order valence-electron chi connectivity index (χ0n) is 15.1. The number of aromatic nitrogens is 3. The van der Waals surface area contributed by atoms with Crippen molar-refractivity contribution < 1.29 is 13.6 Å². The number of carbonyl (C=O) groups is 1. The molecular weight excluding hydrogens is 366 g/mol. The normalized spacial score (nSPS) is 11.8. The first kappa shape index (κ1) is 19.3. The first-order chi connectivity index (χ1) is 13.4. The first-order valence-corrected chi connectivity index (χ1v) is 8.69. The molecule has 3 aromatic rings. The van der Waals surface area contributed by atoms with Gasteiger partial charge in [0.05, 0.1) is 6.04 Å². The molecule has 28 heavy (non-hydrogen) atoms. The molecule has 0 radical (unpaired) electrons. The number of nitrogens with zero attached hydrogens (tertiary/aromatic N) is 2. The van der Waals surface area contributed by atoms with Crippen molar-refractivity contribution in [1.82, 2.24) is 20.5 Å². The van der Waals surface area contributed by atoms with Crippen molar-refractivity contribution in [3.8, 4) is 11.4 Å². The third kappa shape index (κ3) is 4.64. The average molecular weight is 384 g/mol. The Labute approximate surface area is 159 Å². The highest BCUT2D eigenvalue weighted by atomic mass is 19.2. The molecule has 1 amide bonds. The summed E-state index contributed by atoms with van der Waals surface area (Å²) in [6.07, 6.45) is 0.174. The number of hydrogen-bond donors (Lipinski definition) is 2. The van der Waals surface area contributed by atoms with Crippen LogP contribution in [0.5, 0.6) is 0 Å². The molecule has 6 nitrogen and oxygen atoms in total. The van der Waals surface area contributed by atoms with E-state index in [1.807, 2.05) is 37.3 Å². The summed E-state index contributed by atoms with van der Waals surface area (Å²) in [6, 6.07) is 12.5. The average Bonchev–Trinajstić information content (AvgIpc) is 2.69. The highest BCUT2D eigenvalue weighted by Gasteiger charge is 2.13. The Morgan fingerprint density at radius 1 is 1.11 bits per heavy atom. The summed E-state index contributed by atoms with van der Waals surface area (Å²) in [5.74, 6) is -2.24. The molecule has 0 saturated heterocycles. The molecule has 1 atom stereocenters. The quantitative estimate of drug-likeness (QED) is 0.684. The Kier molecular flexibility index (Phi) is 5.88. The first-order valence-electron chi connectivity index (χ1n) is 8.69. The lowest BCUT2D eigenvalue weighted by molar-refractivity contribution is -0.121.